The molecule has 6 aromatic carbocycles. The number of hydrogen-bond acceptors (Lipinski definition) is 1. The molecule has 0 aromatic heterocycles. The molecule has 0 heterocycles. The maximum absolute atomic E-state index is 3.65. The van der Waals surface area contributed by atoms with E-state index in [2.05, 4.69) is 188 Å². The van der Waals surface area contributed by atoms with E-state index < -0.39 is 0 Å². The first-order valence-electron chi connectivity index (χ1n) is 12.8. The molecule has 6 rings (SSSR count). The molecule has 39 heavy (non-hydrogen) atoms. The predicted molar refractivity (Wildman–Crippen MR) is 173 cm³/mol. The van der Waals surface area contributed by atoms with E-state index in [1.807, 2.05) is 0 Å². The zero-order chi connectivity index (χ0) is 26.6. The Morgan fingerprint density at radius 1 is 0.359 bits per heavy atom. The molecule has 0 atom stereocenters. The van der Waals surface area contributed by atoms with Crippen LogP contribution in [0.15, 0.2) is 161 Å². The van der Waals surface area contributed by atoms with E-state index >= 15 is 0 Å². The van der Waals surface area contributed by atoms with Crippen molar-refractivity contribution in [2.24, 2.45) is 0 Å². The molecule has 0 bridgehead atoms. The van der Waals surface area contributed by atoms with Crippen LogP contribution in [0.2, 0.25) is 0 Å². The molecule has 0 unspecified atom stereocenters. The van der Waals surface area contributed by atoms with Crippen LogP contribution in [0.4, 0.5) is 17.1 Å². The van der Waals surface area contributed by atoms with E-state index in [-0.39, 0.29) is 0 Å². The van der Waals surface area contributed by atoms with E-state index in [0.29, 0.717) is 0 Å². The highest BCUT2D eigenvalue weighted by atomic mass is 79.9. The van der Waals surface area contributed by atoms with Crippen LogP contribution in [-0.4, -0.2) is 0 Å². The van der Waals surface area contributed by atoms with Gasteiger partial charge in [-0.25, -0.2) is 0 Å². The fourth-order valence-corrected chi connectivity index (χ4v) is 5.57. The lowest BCUT2D eigenvalue weighted by Crippen LogP contribution is -2.12. The summed E-state index contributed by atoms with van der Waals surface area (Å²) in [4.78, 5) is 2.35. The second-order valence-corrected chi connectivity index (χ2v) is 11.1. The minimum absolute atomic E-state index is 1.05. The van der Waals surface area contributed by atoms with Gasteiger partial charge in [0.15, 0.2) is 0 Å². The Bertz CT molecular complexity index is 1680. The SMILES string of the molecule is Brc1ccc(-c2c(N(c3ccccc3)c3ccc(Br)cc3)ccc(-c3ccccc3)c2-c2ccccc2)cc1. The Balaban J connectivity index is 1.73. The Morgan fingerprint density at radius 3 is 1.41 bits per heavy atom. The standard InChI is InChI=1S/C36H25Br2N/c37-29-18-16-28(17-19-29)36-34(39(31-14-8-3-9-15-31)32-22-20-30(38)21-23-32)25-24-33(26-10-4-1-5-11-26)35(36)27-12-6-2-7-13-27/h1-25H. The van der Waals surface area contributed by atoms with Gasteiger partial charge in [0.25, 0.3) is 0 Å². The molecule has 6 aromatic rings. The summed E-state index contributed by atoms with van der Waals surface area (Å²) in [5.41, 5.74) is 10.4. The van der Waals surface area contributed by atoms with Gasteiger partial charge in [-0.1, -0.05) is 129 Å². The van der Waals surface area contributed by atoms with Crippen molar-refractivity contribution in [3.8, 4) is 33.4 Å². The highest BCUT2D eigenvalue weighted by Gasteiger charge is 2.23. The summed E-state index contributed by atoms with van der Waals surface area (Å²) >= 11 is 7.27. The van der Waals surface area contributed by atoms with Crippen LogP contribution in [0.3, 0.4) is 0 Å². The summed E-state index contributed by atoms with van der Waals surface area (Å²) < 4.78 is 2.11. The van der Waals surface area contributed by atoms with Crippen molar-refractivity contribution >= 4 is 48.9 Å². The van der Waals surface area contributed by atoms with E-state index in [1.165, 1.54) is 27.8 Å². The summed E-state index contributed by atoms with van der Waals surface area (Å²) in [5, 5.41) is 0. The molecule has 0 amide bonds. The van der Waals surface area contributed by atoms with E-state index in [1.54, 1.807) is 0 Å². The fraction of sp³-hybridized carbons (Fsp3) is 0. The van der Waals surface area contributed by atoms with Crippen molar-refractivity contribution in [3.05, 3.63) is 161 Å². The predicted octanol–water partition coefficient (Wildman–Crippen LogP) is 11.7. The van der Waals surface area contributed by atoms with Gasteiger partial charge in [0.05, 0.1) is 5.69 Å². The monoisotopic (exact) mass is 629 g/mol. The summed E-state index contributed by atoms with van der Waals surface area (Å²) in [6, 6.07) is 53.7. The van der Waals surface area contributed by atoms with Gasteiger partial charge in [0.2, 0.25) is 0 Å². The van der Waals surface area contributed by atoms with Crippen LogP contribution in [0.5, 0.6) is 0 Å². The molecule has 0 N–H and O–H groups in total. The Kier molecular flexibility index (Phi) is 7.44. The van der Waals surface area contributed by atoms with Crippen LogP contribution >= 0.6 is 31.9 Å². The summed E-state index contributed by atoms with van der Waals surface area (Å²) in [6.45, 7) is 0. The average molecular weight is 631 g/mol. The van der Waals surface area contributed by atoms with Crippen LogP contribution < -0.4 is 4.90 Å². The summed E-state index contributed by atoms with van der Waals surface area (Å²) in [5.74, 6) is 0. The van der Waals surface area contributed by atoms with Crippen LogP contribution in [0.1, 0.15) is 0 Å². The first-order valence-corrected chi connectivity index (χ1v) is 14.4. The normalized spacial score (nSPS) is 10.8. The van der Waals surface area contributed by atoms with Crippen molar-refractivity contribution in [1.82, 2.24) is 0 Å². The summed E-state index contributed by atoms with van der Waals surface area (Å²) in [7, 11) is 0. The number of rotatable bonds is 6. The second-order valence-electron chi connectivity index (χ2n) is 9.27. The topological polar surface area (TPSA) is 3.24 Å². The number of hydrogen-bond donors (Lipinski definition) is 0. The molecule has 0 fully saturated rings. The zero-order valence-corrected chi connectivity index (χ0v) is 24.3. The third-order valence-electron chi connectivity index (χ3n) is 6.80. The smallest absolute Gasteiger partial charge is 0.0546 e. The number of halogens is 2. The number of nitrogens with zero attached hydrogens (tertiary/aromatic N) is 1. The van der Waals surface area contributed by atoms with Crippen LogP contribution in [0, 0.1) is 0 Å². The third-order valence-corrected chi connectivity index (χ3v) is 7.86. The van der Waals surface area contributed by atoms with E-state index in [9.17, 15) is 0 Å². The lowest BCUT2D eigenvalue weighted by Gasteiger charge is -2.30. The average Bonchev–Trinajstić information content (AvgIpc) is 3.00. The Hall–Kier alpha value is -3.92. The molecular formula is C36H25Br2N. The third kappa shape index (κ3) is 5.34. The molecular weight excluding hydrogens is 606 g/mol. The van der Waals surface area contributed by atoms with Crippen LogP contribution in [0.25, 0.3) is 33.4 Å². The molecule has 0 aliphatic heterocycles. The van der Waals surface area contributed by atoms with Gasteiger partial charge in [-0.05, 0) is 82.4 Å². The van der Waals surface area contributed by atoms with E-state index in [4.69, 9.17) is 0 Å². The molecule has 0 aliphatic rings. The van der Waals surface area contributed by atoms with E-state index in [0.717, 1.165) is 31.6 Å². The van der Waals surface area contributed by atoms with Crippen molar-refractivity contribution in [2.75, 3.05) is 4.90 Å². The van der Waals surface area contributed by atoms with Gasteiger partial charge in [0, 0.05) is 25.9 Å². The molecule has 0 spiro atoms. The van der Waals surface area contributed by atoms with Gasteiger partial charge in [0.1, 0.15) is 0 Å². The molecule has 188 valence electrons. The molecule has 0 radical (unpaired) electrons. The van der Waals surface area contributed by atoms with Gasteiger partial charge in [-0.15, -0.1) is 0 Å². The quantitative estimate of drug-likeness (QED) is 0.177. The second kappa shape index (κ2) is 11.4. The zero-order valence-electron chi connectivity index (χ0n) is 21.1. The molecule has 1 nitrogen and oxygen atoms in total. The largest absolute Gasteiger partial charge is 0.310 e. The van der Waals surface area contributed by atoms with Crippen LogP contribution in [-0.2, 0) is 0 Å². The fourth-order valence-electron chi connectivity index (χ4n) is 5.04. The van der Waals surface area contributed by atoms with Gasteiger partial charge in [-0.3, -0.25) is 0 Å². The maximum atomic E-state index is 3.65. The minimum atomic E-state index is 1.05. The number of benzene rings is 6. The van der Waals surface area contributed by atoms with Gasteiger partial charge < -0.3 is 4.90 Å². The van der Waals surface area contributed by atoms with Gasteiger partial charge in [-0.2, -0.15) is 0 Å². The maximum Gasteiger partial charge on any atom is 0.0546 e. The highest BCUT2D eigenvalue weighted by Crippen LogP contribution is 2.49. The molecule has 0 saturated carbocycles. The summed E-state index contributed by atoms with van der Waals surface area (Å²) in [6.07, 6.45) is 0. The molecule has 0 aliphatic carbocycles. The first-order chi connectivity index (χ1) is 19.2. The Labute approximate surface area is 246 Å². The number of anilines is 3. The number of para-hydroxylation sites is 1. The first kappa shape index (κ1) is 25.4. The van der Waals surface area contributed by atoms with Gasteiger partial charge >= 0.3 is 0 Å². The van der Waals surface area contributed by atoms with Crippen molar-refractivity contribution < 1.29 is 0 Å². The van der Waals surface area contributed by atoms with Crippen molar-refractivity contribution in [3.63, 3.8) is 0 Å². The Morgan fingerprint density at radius 2 is 0.821 bits per heavy atom. The molecule has 0 saturated heterocycles. The van der Waals surface area contributed by atoms with Crippen molar-refractivity contribution in [2.45, 2.75) is 0 Å². The lowest BCUT2D eigenvalue weighted by molar-refractivity contribution is 1.28. The lowest BCUT2D eigenvalue weighted by atomic mass is 9.86. The van der Waals surface area contributed by atoms with Crippen molar-refractivity contribution in [1.29, 1.82) is 0 Å². The highest BCUT2D eigenvalue weighted by molar-refractivity contribution is 9.10. The minimum Gasteiger partial charge on any atom is -0.310 e. The molecule has 3 heteroatoms.